The number of hydrogen-bond acceptors (Lipinski definition) is 3. The van der Waals surface area contributed by atoms with Crippen molar-refractivity contribution >= 4 is 28.8 Å². The number of thiophene rings is 1. The van der Waals surface area contributed by atoms with Gasteiger partial charge in [0.25, 0.3) is 5.91 Å². The van der Waals surface area contributed by atoms with Gasteiger partial charge >= 0.3 is 0 Å². The number of anilines is 1. The smallest absolute Gasteiger partial charge is 0.252 e. The second kappa shape index (κ2) is 7.00. The molecule has 0 atom stereocenters. The summed E-state index contributed by atoms with van der Waals surface area (Å²) in [6.45, 7) is 0.469. The van der Waals surface area contributed by atoms with Crippen LogP contribution in [0.15, 0.2) is 29.6 Å². The molecule has 1 aromatic carbocycles. The molecule has 0 aliphatic heterocycles. The van der Waals surface area contributed by atoms with Gasteiger partial charge in [-0.1, -0.05) is 12.1 Å². The van der Waals surface area contributed by atoms with Gasteiger partial charge in [-0.05, 0) is 61.8 Å². The Balaban J connectivity index is 1.38. The van der Waals surface area contributed by atoms with E-state index in [4.69, 9.17) is 0 Å². The van der Waals surface area contributed by atoms with E-state index in [1.165, 1.54) is 23.3 Å². The average molecular weight is 354 g/mol. The summed E-state index contributed by atoms with van der Waals surface area (Å²) in [6, 6.07) is 7.71. The molecular formula is C20H22N2O2S. The number of aryl methyl sites for hydroxylation is 1. The van der Waals surface area contributed by atoms with Gasteiger partial charge in [-0.15, -0.1) is 11.3 Å². The van der Waals surface area contributed by atoms with Crippen LogP contribution in [0.2, 0.25) is 0 Å². The Morgan fingerprint density at radius 2 is 2.00 bits per heavy atom. The Morgan fingerprint density at radius 1 is 1.16 bits per heavy atom. The number of amides is 2. The third-order valence-electron chi connectivity index (χ3n) is 4.90. The van der Waals surface area contributed by atoms with Gasteiger partial charge in [0.1, 0.15) is 0 Å². The fraction of sp³-hybridized carbons (Fsp3) is 0.400. The van der Waals surface area contributed by atoms with Crippen molar-refractivity contribution in [2.45, 2.75) is 45.1 Å². The lowest BCUT2D eigenvalue weighted by Gasteiger charge is -2.13. The number of fused-ring (bicyclic) bond motifs is 1. The van der Waals surface area contributed by atoms with Crippen LogP contribution in [0.5, 0.6) is 0 Å². The van der Waals surface area contributed by atoms with Crippen molar-refractivity contribution in [3.8, 4) is 0 Å². The molecule has 0 spiro atoms. The minimum atomic E-state index is 0.00631. The van der Waals surface area contributed by atoms with E-state index in [2.05, 4.69) is 10.6 Å². The summed E-state index contributed by atoms with van der Waals surface area (Å²) in [6.07, 6.45) is 6.51. The van der Waals surface area contributed by atoms with Crippen LogP contribution in [0.1, 0.15) is 52.0 Å². The predicted octanol–water partition coefficient (Wildman–Crippen LogP) is 3.91. The highest BCUT2D eigenvalue weighted by atomic mass is 32.1. The number of benzene rings is 1. The van der Waals surface area contributed by atoms with E-state index < -0.39 is 0 Å². The van der Waals surface area contributed by atoms with Crippen LogP contribution in [0.25, 0.3) is 0 Å². The number of carbonyl (C=O) groups is 2. The predicted molar refractivity (Wildman–Crippen MR) is 99.9 cm³/mol. The van der Waals surface area contributed by atoms with Crippen molar-refractivity contribution in [1.29, 1.82) is 0 Å². The van der Waals surface area contributed by atoms with E-state index in [1.54, 1.807) is 11.3 Å². The Bertz CT molecular complexity index is 808. The summed E-state index contributed by atoms with van der Waals surface area (Å²) in [4.78, 5) is 25.8. The summed E-state index contributed by atoms with van der Waals surface area (Å²) in [5, 5.41) is 7.97. The number of nitrogens with one attached hydrogen (secondary N) is 2. The maximum absolute atomic E-state index is 12.5. The molecule has 0 saturated heterocycles. The van der Waals surface area contributed by atoms with Crippen LogP contribution in [-0.2, 0) is 24.2 Å². The highest BCUT2D eigenvalue weighted by molar-refractivity contribution is 7.10. The molecule has 1 heterocycles. The van der Waals surface area contributed by atoms with Crippen molar-refractivity contribution in [3.63, 3.8) is 0 Å². The van der Waals surface area contributed by atoms with Crippen molar-refractivity contribution < 1.29 is 9.59 Å². The zero-order valence-corrected chi connectivity index (χ0v) is 15.0. The second-order valence-electron chi connectivity index (χ2n) is 6.90. The van der Waals surface area contributed by atoms with Crippen molar-refractivity contribution in [1.82, 2.24) is 5.32 Å². The normalized spacial score (nSPS) is 16.2. The fourth-order valence-corrected chi connectivity index (χ4v) is 4.44. The zero-order valence-electron chi connectivity index (χ0n) is 14.1. The Kier molecular flexibility index (Phi) is 4.57. The van der Waals surface area contributed by atoms with E-state index >= 15 is 0 Å². The van der Waals surface area contributed by atoms with E-state index in [0.29, 0.717) is 6.54 Å². The van der Waals surface area contributed by atoms with Gasteiger partial charge in [0.15, 0.2) is 0 Å². The number of rotatable bonds is 5. The third-order valence-corrected chi connectivity index (χ3v) is 5.99. The molecule has 2 aliphatic rings. The van der Waals surface area contributed by atoms with Gasteiger partial charge in [-0.3, -0.25) is 9.59 Å². The maximum Gasteiger partial charge on any atom is 0.252 e. The Labute approximate surface area is 151 Å². The first kappa shape index (κ1) is 16.3. The summed E-state index contributed by atoms with van der Waals surface area (Å²) in [7, 11) is 0. The van der Waals surface area contributed by atoms with Gasteiger partial charge in [0.2, 0.25) is 5.91 Å². The first-order valence-electron chi connectivity index (χ1n) is 8.98. The number of carbonyl (C=O) groups excluding carboxylic acids is 2. The van der Waals surface area contributed by atoms with Crippen LogP contribution in [0.3, 0.4) is 0 Å². The Morgan fingerprint density at radius 3 is 2.84 bits per heavy atom. The molecule has 0 unspecified atom stereocenters. The molecule has 4 nitrogen and oxygen atoms in total. The topological polar surface area (TPSA) is 58.2 Å². The number of hydrogen-bond donors (Lipinski definition) is 2. The van der Waals surface area contributed by atoms with Crippen LogP contribution in [-0.4, -0.2) is 11.8 Å². The summed E-state index contributed by atoms with van der Waals surface area (Å²) in [5.74, 6) is 0.297. The molecule has 2 N–H and O–H groups in total. The third kappa shape index (κ3) is 3.76. The van der Waals surface area contributed by atoms with Crippen molar-refractivity contribution in [2.75, 3.05) is 5.32 Å². The van der Waals surface area contributed by atoms with E-state index in [0.717, 1.165) is 42.5 Å². The van der Waals surface area contributed by atoms with Crippen LogP contribution < -0.4 is 10.6 Å². The SMILES string of the molecule is O=C(NCc1cccc(NC(=O)C2CC2)c1)c1csc2c1CCCC2. The van der Waals surface area contributed by atoms with Gasteiger partial charge in [-0.2, -0.15) is 0 Å². The summed E-state index contributed by atoms with van der Waals surface area (Å²) < 4.78 is 0. The molecule has 1 fully saturated rings. The molecule has 0 bridgehead atoms. The summed E-state index contributed by atoms with van der Waals surface area (Å²) in [5.41, 5.74) is 3.89. The maximum atomic E-state index is 12.5. The van der Waals surface area contributed by atoms with Crippen molar-refractivity contribution in [2.24, 2.45) is 5.92 Å². The lowest BCUT2D eigenvalue weighted by Crippen LogP contribution is -2.24. The van der Waals surface area contributed by atoms with Crippen molar-refractivity contribution in [3.05, 3.63) is 51.2 Å². The van der Waals surface area contributed by atoms with E-state index in [-0.39, 0.29) is 17.7 Å². The quantitative estimate of drug-likeness (QED) is 0.855. The molecule has 5 heteroatoms. The molecule has 2 aromatic rings. The summed E-state index contributed by atoms with van der Waals surface area (Å²) >= 11 is 1.71. The lowest BCUT2D eigenvalue weighted by atomic mass is 9.95. The highest BCUT2D eigenvalue weighted by Crippen LogP contribution is 2.31. The molecule has 2 amide bonds. The van der Waals surface area contributed by atoms with Crippen LogP contribution in [0, 0.1) is 5.92 Å². The van der Waals surface area contributed by atoms with Gasteiger partial charge in [0.05, 0.1) is 5.56 Å². The molecule has 0 radical (unpaired) electrons. The van der Waals surface area contributed by atoms with Crippen LogP contribution >= 0.6 is 11.3 Å². The molecule has 130 valence electrons. The van der Waals surface area contributed by atoms with E-state index in [9.17, 15) is 9.59 Å². The average Bonchev–Trinajstić information content (AvgIpc) is 3.39. The molecule has 25 heavy (non-hydrogen) atoms. The lowest BCUT2D eigenvalue weighted by molar-refractivity contribution is -0.117. The molecule has 2 aliphatic carbocycles. The van der Waals surface area contributed by atoms with Gasteiger partial charge < -0.3 is 10.6 Å². The first-order valence-corrected chi connectivity index (χ1v) is 9.86. The minimum absolute atomic E-state index is 0.00631. The molecule has 1 aromatic heterocycles. The molecule has 1 saturated carbocycles. The minimum Gasteiger partial charge on any atom is -0.348 e. The largest absolute Gasteiger partial charge is 0.348 e. The first-order chi connectivity index (χ1) is 12.2. The monoisotopic (exact) mass is 354 g/mol. The van der Waals surface area contributed by atoms with E-state index in [1.807, 2.05) is 29.6 Å². The zero-order chi connectivity index (χ0) is 17.2. The van der Waals surface area contributed by atoms with Crippen LogP contribution in [0.4, 0.5) is 5.69 Å². The molecular weight excluding hydrogens is 332 g/mol. The van der Waals surface area contributed by atoms with Gasteiger partial charge in [0, 0.05) is 28.4 Å². The highest BCUT2D eigenvalue weighted by Gasteiger charge is 2.29. The Hall–Kier alpha value is -2.14. The fourth-order valence-electron chi connectivity index (χ4n) is 3.31. The molecule has 4 rings (SSSR count). The standard InChI is InChI=1S/C20H22N2O2S/c23-19(14-8-9-14)22-15-5-3-4-13(10-15)11-21-20(24)17-12-25-18-7-2-1-6-16(17)18/h3-5,10,12,14H,1-2,6-9,11H2,(H,21,24)(H,22,23). The van der Waals surface area contributed by atoms with Gasteiger partial charge in [-0.25, -0.2) is 0 Å². The second-order valence-corrected chi connectivity index (χ2v) is 7.87.